The van der Waals surface area contributed by atoms with E-state index >= 15 is 0 Å². The Balaban J connectivity index is 1.41. The molecule has 1 aliphatic heterocycles. The number of carbonyl (C=O) groups is 1. The number of hydrogen-bond acceptors (Lipinski definition) is 4. The van der Waals surface area contributed by atoms with E-state index in [2.05, 4.69) is 15.2 Å². The molecule has 2 aromatic heterocycles. The largest absolute Gasteiger partial charge is 0.487 e. The average molecular weight is 352 g/mol. The number of rotatable bonds is 4. The summed E-state index contributed by atoms with van der Waals surface area (Å²) in [6.45, 7) is 1.13. The van der Waals surface area contributed by atoms with Gasteiger partial charge in [0, 0.05) is 24.7 Å². The van der Waals surface area contributed by atoms with Gasteiger partial charge in [0.2, 0.25) is 0 Å². The minimum atomic E-state index is -0.308. The van der Waals surface area contributed by atoms with Crippen molar-refractivity contribution in [1.29, 1.82) is 0 Å². The van der Waals surface area contributed by atoms with Crippen molar-refractivity contribution in [2.24, 2.45) is 0 Å². The summed E-state index contributed by atoms with van der Waals surface area (Å²) in [7, 11) is 0. The first-order chi connectivity index (χ1) is 12.7. The van der Waals surface area contributed by atoms with Crippen molar-refractivity contribution >= 4 is 5.91 Å². The average Bonchev–Trinajstić information content (AvgIpc) is 3.33. The van der Waals surface area contributed by atoms with Crippen LogP contribution >= 0.6 is 0 Å². The van der Waals surface area contributed by atoms with E-state index in [9.17, 15) is 9.18 Å². The third-order valence-electron chi connectivity index (χ3n) is 4.32. The number of carbonyl (C=O) groups excluding carboxylic acids is 1. The molecule has 0 saturated carbocycles. The lowest BCUT2D eigenvalue weighted by Crippen LogP contribution is -2.31. The maximum absolute atomic E-state index is 13.0. The molecule has 3 aromatic rings. The number of amides is 1. The summed E-state index contributed by atoms with van der Waals surface area (Å²) in [6.07, 6.45) is 4.06. The van der Waals surface area contributed by atoms with Crippen LogP contribution in [0.3, 0.4) is 0 Å². The van der Waals surface area contributed by atoms with Gasteiger partial charge in [-0.15, -0.1) is 0 Å². The van der Waals surface area contributed by atoms with E-state index in [4.69, 9.17) is 4.74 Å². The smallest absolute Gasteiger partial charge is 0.272 e. The molecule has 132 valence electrons. The predicted molar refractivity (Wildman–Crippen MR) is 93.2 cm³/mol. The molecule has 1 N–H and O–H groups in total. The molecule has 1 saturated heterocycles. The maximum Gasteiger partial charge on any atom is 0.272 e. The normalized spacial score (nSPS) is 16.7. The van der Waals surface area contributed by atoms with Gasteiger partial charge in [-0.05, 0) is 42.5 Å². The van der Waals surface area contributed by atoms with Gasteiger partial charge in [0.05, 0.1) is 18.4 Å². The van der Waals surface area contributed by atoms with E-state index in [0.29, 0.717) is 30.2 Å². The van der Waals surface area contributed by atoms with Crippen molar-refractivity contribution in [2.45, 2.75) is 12.5 Å². The highest BCUT2D eigenvalue weighted by Crippen LogP contribution is 2.21. The van der Waals surface area contributed by atoms with Crippen molar-refractivity contribution in [3.8, 4) is 17.0 Å². The summed E-state index contributed by atoms with van der Waals surface area (Å²) in [5.41, 5.74) is 1.77. The first kappa shape index (κ1) is 16.3. The van der Waals surface area contributed by atoms with Gasteiger partial charge < -0.3 is 9.64 Å². The molecule has 0 aliphatic carbocycles. The zero-order chi connectivity index (χ0) is 17.9. The number of nitrogens with one attached hydrogen (secondary N) is 1. The number of likely N-dealkylation sites (tertiary alicyclic amines) is 1. The number of H-pyrrole nitrogens is 1. The SMILES string of the molecule is O=C(c1cc(-c2ccc(F)cc2)n[nH]1)N1CCC(Oc2cccnc2)C1. The first-order valence-electron chi connectivity index (χ1n) is 8.36. The highest BCUT2D eigenvalue weighted by Gasteiger charge is 2.29. The molecule has 0 spiro atoms. The molecule has 1 atom stereocenters. The Morgan fingerprint density at radius 1 is 1.27 bits per heavy atom. The van der Waals surface area contributed by atoms with E-state index in [1.165, 1.54) is 12.1 Å². The number of nitrogens with zero attached hydrogens (tertiary/aromatic N) is 3. The second kappa shape index (κ2) is 6.95. The van der Waals surface area contributed by atoms with Crippen LogP contribution in [0.5, 0.6) is 5.75 Å². The lowest BCUT2D eigenvalue weighted by molar-refractivity contribution is 0.0766. The molecule has 6 nitrogen and oxygen atoms in total. The second-order valence-corrected chi connectivity index (χ2v) is 6.14. The van der Waals surface area contributed by atoms with Crippen LogP contribution in [0.1, 0.15) is 16.9 Å². The third-order valence-corrected chi connectivity index (χ3v) is 4.32. The van der Waals surface area contributed by atoms with Crippen molar-refractivity contribution in [3.05, 3.63) is 66.4 Å². The summed E-state index contributed by atoms with van der Waals surface area (Å²) in [5, 5.41) is 6.94. The van der Waals surface area contributed by atoms with Crippen molar-refractivity contribution in [1.82, 2.24) is 20.1 Å². The Bertz CT molecular complexity index is 895. The molecule has 4 rings (SSSR count). The molecule has 1 unspecified atom stereocenters. The van der Waals surface area contributed by atoms with Crippen LogP contribution in [0.25, 0.3) is 11.3 Å². The lowest BCUT2D eigenvalue weighted by atomic mass is 10.1. The molecular weight excluding hydrogens is 335 g/mol. The van der Waals surface area contributed by atoms with Crippen LogP contribution in [0.15, 0.2) is 54.9 Å². The number of ether oxygens (including phenoxy) is 1. The zero-order valence-electron chi connectivity index (χ0n) is 13.9. The van der Waals surface area contributed by atoms with E-state index in [1.54, 1.807) is 35.5 Å². The Labute approximate surface area is 149 Å². The summed E-state index contributed by atoms with van der Waals surface area (Å²) in [5.74, 6) is 0.271. The molecule has 1 aliphatic rings. The minimum absolute atomic E-state index is 0.0531. The molecule has 7 heteroatoms. The van der Waals surface area contributed by atoms with E-state index in [1.807, 2.05) is 12.1 Å². The fraction of sp³-hybridized carbons (Fsp3) is 0.211. The van der Waals surface area contributed by atoms with Crippen LogP contribution in [-0.4, -0.2) is 45.2 Å². The summed E-state index contributed by atoms with van der Waals surface area (Å²) < 4.78 is 18.9. The lowest BCUT2D eigenvalue weighted by Gasteiger charge is -2.16. The Morgan fingerprint density at radius 3 is 2.88 bits per heavy atom. The monoisotopic (exact) mass is 352 g/mol. The molecule has 0 bridgehead atoms. The van der Waals surface area contributed by atoms with Crippen molar-refractivity contribution in [3.63, 3.8) is 0 Å². The molecular formula is C19H17FN4O2. The van der Waals surface area contributed by atoms with E-state index in [-0.39, 0.29) is 17.8 Å². The fourth-order valence-corrected chi connectivity index (χ4v) is 2.99. The van der Waals surface area contributed by atoms with Crippen LogP contribution in [-0.2, 0) is 0 Å². The quantitative estimate of drug-likeness (QED) is 0.784. The van der Waals surface area contributed by atoms with Gasteiger partial charge in [0.1, 0.15) is 23.4 Å². The predicted octanol–water partition coefficient (Wildman–Crippen LogP) is 2.90. The highest BCUT2D eigenvalue weighted by atomic mass is 19.1. The van der Waals surface area contributed by atoms with Crippen molar-refractivity contribution < 1.29 is 13.9 Å². The van der Waals surface area contributed by atoms with E-state index < -0.39 is 0 Å². The Morgan fingerprint density at radius 2 is 2.12 bits per heavy atom. The summed E-state index contributed by atoms with van der Waals surface area (Å²) >= 11 is 0. The van der Waals surface area contributed by atoms with Gasteiger partial charge in [-0.2, -0.15) is 5.10 Å². The number of benzene rings is 1. The number of aromatic nitrogens is 3. The summed E-state index contributed by atoms with van der Waals surface area (Å²) in [4.78, 5) is 18.4. The van der Waals surface area contributed by atoms with Gasteiger partial charge in [0.25, 0.3) is 5.91 Å². The molecule has 26 heavy (non-hydrogen) atoms. The second-order valence-electron chi connectivity index (χ2n) is 6.14. The van der Waals surface area contributed by atoms with Crippen LogP contribution < -0.4 is 4.74 Å². The van der Waals surface area contributed by atoms with Gasteiger partial charge in [-0.1, -0.05) is 0 Å². The van der Waals surface area contributed by atoms with Gasteiger partial charge in [-0.25, -0.2) is 4.39 Å². The third kappa shape index (κ3) is 3.42. The first-order valence-corrected chi connectivity index (χ1v) is 8.36. The number of aromatic amines is 1. The molecule has 1 aromatic carbocycles. The van der Waals surface area contributed by atoms with Crippen LogP contribution in [0.2, 0.25) is 0 Å². The molecule has 1 amide bonds. The summed E-state index contributed by atoms with van der Waals surface area (Å²) in [6, 6.07) is 11.3. The molecule has 3 heterocycles. The maximum atomic E-state index is 13.0. The zero-order valence-corrected chi connectivity index (χ0v) is 13.9. The number of pyridine rings is 1. The topological polar surface area (TPSA) is 71.1 Å². The minimum Gasteiger partial charge on any atom is -0.487 e. The van der Waals surface area contributed by atoms with Gasteiger partial charge in [-0.3, -0.25) is 14.9 Å². The van der Waals surface area contributed by atoms with Gasteiger partial charge >= 0.3 is 0 Å². The molecule has 1 fully saturated rings. The number of hydrogen-bond donors (Lipinski definition) is 1. The Hall–Kier alpha value is -3.22. The van der Waals surface area contributed by atoms with Crippen LogP contribution in [0, 0.1) is 5.82 Å². The van der Waals surface area contributed by atoms with Crippen LogP contribution in [0.4, 0.5) is 4.39 Å². The van der Waals surface area contributed by atoms with E-state index in [0.717, 1.165) is 12.0 Å². The highest BCUT2D eigenvalue weighted by molar-refractivity contribution is 5.93. The fourth-order valence-electron chi connectivity index (χ4n) is 2.99. The van der Waals surface area contributed by atoms with Gasteiger partial charge in [0.15, 0.2) is 0 Å². The molecule has 0 radical (unpaired) electrons. The Kier molecular flexibility index (Phi) is 4.35. The number of halogens is 1. The van der Waals surface area contributed by atoms with Crippen molar-refractivity contribution in [2.75, 3.05) is 13.1 Å². The standard InChI is InChI=1S/C19H17FN4O2/c20-14-5-3-13(4-6-14)17-10-18(23-22-17)19(25)24-9-7-16(12-24)26-15-2-1-8-21-11-15/h1-6,8,10-11,16H,7,9,12H2,(H,22,23).